The molecular formula is C7H14ClN. The molecule has 1 nitrogen and oxygen atoms in total. The summed E-state index contributed by atoms with van der Waals surface area (Å²) in [7, 11) is 0. The minimum Gasteiger partial charge on any atom is -0.293 e. The molecule has 0 aromatic carbocycles. The molecule has 0 aromatic heterocycles. The highest BCUT2D eigenvalue weighted by Crippen LogP contribution is 2.14. The molecule has 0 heterocycles. The molecule has 0 aliphatic heterocycles. The van der Waals surface area contributed by atoms with Crippen LogP contribution in [-0.2, 0) is 0 Å². The van der Waals surface area contributed by atoms with E-state index >= 15 is 0 Å². The molecule has 0 radical (unpaired) electrons. The zero-order chi connectivity index (χ0) is 7.49. The number of halogens is 1. The first kappa shape index (κ1) is 8.96. The Kier molecular flexibility index (Phi) is 3.20. The molecule has 2 heteroatoms. The summed E-state index contributed by atoms with van der Waals surface area (Å²) in [6, 6.07) is 0. The maximum Gasteiger partial charge on any atom is 0.0763 e. The molecule has 0 saturated heterocycles. The highest BCUT2D eigenvalue weighted by molar-refractivity contribution is 6.35. The average molecular weight is 148 g/mol. The SMILES string of the molecule is CCN=C(C)C(C)(C)Cl. The third-order valence-electron chi connectivity index (χ3n) is 1.26. The number of nitrogens with zero attached hydrogens (tertiary/aromatic N) is 1. The first-order valence-corrected chi connectivity index (χ1v) is 3.56. The Balaban J connectivity index is 4.03. The van der Waals surface area contributed by atoms with Gasteiger partial charge in [-0.2, -0.15) is 0 Å². The van der Waals surface area contributed by atoms with Gasteiger partial charge in [-0.25, -0.2) is 0 Å². The standard InChI is InChI=1S/C7H14ClN/c1-5-9-6(2)7(3,4)8/h5H2,1-4H3. The van der Waals surface area contributed by atoms with Gasteiger partial charge in [0.25, 0.3) is 0 Å². The monoisotopic (exact) mass is 147 g/mol. The van der Waals surface area contributed by atoms with Gasteiger partial charge in [-0.15, -0.1) is 11.6 Å². The third-order valence-corrected chi connectivity index (χ3v) is 1.53. The van der Waals surface area contributed by atoms with Crippen LogP contribution in [0.1, 0.15) is 27.7 Å². The molecule has 0 fully saturated rings. The van der Waals surface area contributed by atoms with Crippen molar-refractivity contribution in [3.63, 3.8) is 0 Å². The lowest BCUT2D eigenvalue weighted by molar-refractivity contribution is 0.911. The summed E-state index contributed by atoms with van der Waals surface area (Å²) < 4.78 is 0. The minimum absolute atomic E-state index is 0.268. The van der Waals surface area contributed by atoms with Crippen LogP contribution in [0, 0.1) is 0 Å². The number of hydrogen-bond acceptors (Lipinski definition) is 1. The quantitative estimate of drug-likeness (QED) is 0.421. The molecule has 0 aliphatic carbocycles. The Morgan fingerprint density at radius 3 is 2.11 bits per heavy atom. The Hall–Kier alpha value is -0.0400. The van der Waals surface area contributed by atoms with Crippen LogP contribution in [0.2, 0.25) is 0 Å². The van der Waals surface area contributed by atoms with Crippen molar-refractivity contribution < 1.29 is 0 Å². The lowest BCUT2D eigenvalue weighted by Crippen LogP contribution is -2.21. The van der Waals surface area contributed by atoms with Gasteiger partial charge in [0, 0.05) is 12.3 Å². The lowest BCUT2D eigenvalue weighted by Gasteiger charge is -2.14. The van der Waals surface area contributed by atoms with E-state index < -0.39 is 0 Å². The van der Waals surface area contributed by atoms with Gasteiger partial charge >= 0.3 is 0 Å². The molecule has 0 aliphatic rings. The van der Waals surface area contributed by atoms with Gasteiger partial charge in [0.1, 0.15) is 0 Å². The number of alkyl halides is 1. The zero-order valence-corrected chi connectivity index (χ0v) is 7.29. The smallest absolute Gasteiger partial charge is 0.0763 e. The molecule has 0 bridgehead atoms. The van der Waals surface area contributed by atoms with Gasteiger partial charge in [0.05, 0.1) is 4.87 Å². The van der Waals surface area contributed by atoms with E-state index in [1.165, 1.54) is 0 Å². The van der Waals surface area contributed by atoms with Gasteiger partial charge < -0.3 is 0 Å². The van der Waals surface area contributed by atoms with Crippen LogP contribution in [0.25, 0.3) is 0 Å². The van der Waals surface area contributed by atoms with Crippen LogP contribution >= 0.6 is 11.6 Å². The Morgan fingerprint density at radius 1 is 1.56 bits per heavy atom. The normalized spacial score (nSPS) is 14.1. The summed E-state index contributed by atoms with van der Waals surface area (Å²) in [5.41, 5.74) is 1.01. The van der Waals surface area contributed by atoms with E-state index in [2.05, 4.69) is 4.99 Å². The fourth-order valence-electron chi connectivity index (χ4n) is 0.425. The van der Waals surface area contributed by atoms with Crippen LogP contribution in [0.4, 0.5) is 0 Å². The van der Waals surface area contributed by atoms with Crippen LogP contribution in [-0.4, -0.2) is 17.1 Å². The van der Waals surface area contributed by atoms with Gasteiger partial charge in [-0.1, -0.05) is 0 Å². The third kappa shape index (κ3) is 3.52. The van der Waals surface area contributed by atoms with Gasteiger partial charge in [-0.05, 0) is 27.7 Å². The second-order valence-electron chi connectivity index (χ2n) is 2.53. The van der Waals surface area contributed by atoms with Crippen molar-refractivity contribution in [2.75, 3.05) is 6.54 Å². The molecule has 0 amide bonds. The molecule has 0 saturated carbocycles. The van der Waals surface area contributed by atoms with E-state index in [4.69, 9.17) is 11.6 Å². The molecule has 0 atom stereocenters. The predicted molar refractivity (Wildman–Crippen MR) is 43.6 cm³/mol. The van der Waals surface area contributed by atoms with Crippen molar-refractivity contribution in [1.82, 2.24) is 0 Å². The van der Waals surface area contributed by atoms with E-state index in [0.29, 0.717) is 0 Å². The van der Waals surface area contributed by atoms with Crippen LogP contribution in [0.5, 0.6) is 0 Å². The molecule has 0 N–H and O–H groups in total. The Morgan fingerprint density at radius 2 is 2.00 bits per heavy atom. The fraction of sp³-hybridized carbons (Fsp3) is 0.857. The van der Waals surface area contributed by atoms with E-state index in [0.717, 1.165) is 12.3 Å². The summed E-state index contributed by atoms with van der Waals surface area (Å²) in [6.45, 7) is 8.68. The fourth-order valence-corrected chi connectivity index (χ4v) is 0.485. The molecule has 0 aromatic rings. The second kappa shape index (κ2) is 3.21. The summed E-state index contributed by atoms with van der Waals surface area (Å²) >= 11 is 5.93. The molecule has 0 rings (SSSR count). The van der Waals surface area contributed by atoms with Crippen LogP contribution in [0.3, 0.4) is 0 Å². The topological polar surface area (TPSA) is 12.4 Å². The maximum atomic E-state index is 5.93. The highest BCUT2D eigenvalue weighted by atomic mass is 35.5. The van der Waals surface area contributed by atoms with E-state index in [1.807, 2.05) is 27.7 Å². The Labute approximate surface area is 62.1 Å². The van der Waals surface area contributed by atoms with E-state index in [1.54, 1.807) is 0 Å². The van der Waals surface area contributed by atoms with Gasteiger partial charge in [0.2, 0.25) is 0 Å². The number of hydrogen-bond donors (Lipinski definition) is 0. The van der Waals surface area contributed by atoms with Crippen molar-refractivity contribution in [2.45, 2.75) is 32.6 Å². The molecule has 0 spiro atoms. The summed E-state index contributed by atoms with van der Waals surface area (Å²) in [6.07, 6.45) is 0. The van der Waals surface area contributed by atoms with Crippen molar-refractivity contribution in [2.24, 2.45) is 4.99 Å². The second-order valence-corrected chi connectivity index (χ2v) is 3.48. The molecule has 9 heavy (non-hydrogen) atoms. The van der Waals surface area contributed by atoms with E-state index in [-0.39, 0.29) is 4.87 Å². The molecular weight excluding hydrogens is 134 g/mol. The van der Waals surface area contributed by atoms with Crippen LogP contribution < -0.4 is 0 Å². The first-order chi connectivity index (χ1) is 3.98. The van der Waals surface area contributed by atoms with Crippen molar-refractivity contribution in [1.29, 1.82) is 0 Å². The first-order valence-electron chi connectivity index (χ1n) is 3.19. The summed E-state index contributed by atoms with van der Waals surface area (Å²) in [5.74, 6) is 0. The minimum atomic E-state index is -0.268. The summed E-state index contributed by atoms with van der Waals surface area (Å²) in [5, 5.41) is 0. The zero-order valence-electron chi connectivity index (χ0n) is 6.53. The van der Waals surface area contributed by atoms with E-state index in [9.17, 15) is 0 Å². The molecule has 0 unspecified atom stereocenters. The highest BCUT2D eigenvalue weighted by Gasteiger charge is 2.15. The van der Waals surface area contributed by atoms with Gasteiger partial charge in [-0.3, -0.25) is 4.99 Å². The largest absolute Gasteiger partial charge is 0.293 e. The van der Waals surface area contributed by atoms with Crippen molar-refractivity contribution in [3.8, 4) is 0 Å². The lowest BCUT2D eigenvalue weighted by atomic mass is 10.1. The van der Waals surface area contributed by atoms with Crippen LogP contribution in [0.15, 0.2) is 4.99 Å². The van der Waals surface area contributed by atoms with Crippen molar-refractivity contribution >= 4 is 17.3 Å². The van der Waals surface area contributed by atoms with Crippen molar-refractivity contribution in [3.05, 3.63) is 0 Å². The molecule has 54 valence electrons. The summed E-state index contributed by atoms with van der Waals surface area (Å²) in [4.78, 5) is 3.91. The number of aliphatic imine (C=N–C) groups is 1. The maximum absolute atomic E-state index is 5.93. The predicted octanol–water partition coefficient (Wildman–Crippen LogP) is 2.48. The average Bonchev–Trinajstić information content (AvgIpc) is 1.64. The van der Waals surface area contributed by atoms with Gasteiger partial charge in [0.15, 0.2) is 0 Å². The number of rotatable bonds is 2. The Bertz CT molecular complexity index is 111.